The van der Waals surface area contributed by atoms with E-state index in [1.165, 1.54) is 12.5 Å². The fraction of sp³-hybridized carbons (Fsp3) is 0.562. The van der Waals surface area contributed by atoms with Crippen molar-refractivity contribution < 1.29 is 9.18 Å². The van der Waals surface area contributed by atoms with E-state index in [1.807, 2.05) is 0 Å². The van der Waals surface area contributed by atoms with Gasteiger partial charge in [0.15, 0.2) is 0 Å². The Morgan fingerprint density at radius 3 is 2.75 bits per heavy atom. The average molecular weight is 278 g/mol. The normalized spacial score (nSPS) is 26.1. The molecule has 0 spiro atoms. The third kappa shape index (κ3) is 2.94. The molecule has 0 bridgehead atoms. The molecule has 4 heteroatoms. The van der Waals surface area contributed by atoms with E-state index in [4.69, 9.17) is 0 Å². The Balaban J connectivity index is 2.14. The zero-order valence-electron chi connectivity index (χ0n) is 12.4. The van der Waals surface area contributed by atoms with Crippen LogP contribution in [0.25, 0.3) is 0 Å². The second kappa shape index (κ2) is 6.25. The summed E-state index contributed by atoms with van der Waals surface area (Å²) in [4.78, 5) is 12.4. The first-order chi connectivity index (χ1) is 9.54. The Kier molecular flexibility index (Phi) is 4.63. The Labute approximate surface area is 120 Å². The number of hydrogen-bond acceptors (Lipinski definition) is 2. The highest BCUT2D eigenvalue weighted by Gasteiger charge is 2.29. The van der Waals surface area contributed by atoms with Gasteiger partial charge < -0.3 is 10.6 Å². The summed E-state index contributed by atoms with van der Waals surface area (Å²) < 4.78 is 13.7. The van der Waals surface area contributed by atoms with Crippen molar-refractivity contribution in [3.05, 3.63) is 29.6 Å². The van der Waals surface area contributed by atoms with Crippen molar-refractivity contribution in [1.29, 1.82) is 0 Å². The summed E-state index contributed by atoms with van der Waals surface area (Å²) in [6.45, 7) is 4.41. The fourth-order valence-corrected chi connectivity index (χ4v) is 3.00. The van der Waals surface area contributed by atoms with Gasteiger partial charge in [0.25, 0.3) is 5.91 Å². The third-order valence-corrected chi connectivity index (χ3v) is 4.53. The summed E-state index contributed by atoms with van der Waals surface area (Å²) in [5.74, 6) is 0.481. The van der Waals surface area contributed by atoms with Gasteiger partial charge in [0, 0.05) is 13.1 Å². The molecule has 1 aliphatic rings. The molecular weight excluding hydrogens is 255 g/mol. The van der Waals surface area contributed by atoms with Crippen LogP contribution >= 0.6 is 0 Å². The topological polar surface area (TPSA) is 41.1 Å². The lowest BCUT2D eigenvalue weighted by molar-refractivity contribution is 0.0891. The number of benzene rings is 1. The van der Waals surface area contributed by atoms with Crippen LogP contribution in [0.2, 0.25) is 0 Å². The fourth-order valence-electron chi connectivity index (χ4n) is 3.00. The van der Waals surface area contributed by atoms with Gasteiger partial charge >= 0.3 is 0 Å². The molecule has 0 saturated heterocycles. The van der Waals surface area contributed by atoms with Gasteiger partial charge in [-0.15, -0.1) is 0 Å². The van der Waals surface area contributed by atoms with Crippen molar-refractivity contribution in [2.24, 2.45) is 11.8 Å². The second-order valence-electron chi connectivity index (χ2n) is 5.76. The van der Waals surface area contributed by atoms with Gasteiger partial charge in [-0.2, -0.15) is 0 Å². The molecule has 3 unspecified atom stereocenters. The lowest BCUT2D eigenvalue weighted by atomic mass is 9.78. The van der Waals surface area contributed by atoms with E-state index in [0.717, 1.165) is 12.8 Å². The number of nitrogens with one attached hydrogen (secondary N) is 2. The molecule has 0 aromatic heterocycles. The maximum Gasteiger partial charge on any atom is 0.253 e. The summed E-state index contributed by atoms with van der Waals surface area (Å²) in [5.41, 5.74) is 0.638. The Hall–Kier alpha value is -1.58. The molecule has 3 nitrogen and oxygen atoms in total. The number of halogens is 1. The van der Waals surface area contributed by atoms with Gasteiger partial charge in [-0.3, -0.25) is 4.79 Å². The highest BCUT2D eigenvalue weighted by molar-refractivity contribution is 5.99. The number of amides is 1. The minimum atomic E-state index is -0.398. The monoisotopic (exact) mass is 278 g/mol. The lowest BCUT2D eigenvalue weighted by Gasteiger charge is -2.34. The van der Waals surface area contributed by atoms with Crippen molar-refractivity contribution >= 4 is 11.6 Å². The third-order valence-electron chi connectivity index (χ3n) is 4.53. The van der Waals surface area contributed by atoms with E-state index >= 15 is 0 Å². The van der Waals surface area contributed by atoms with Crippen molar-refractivity contribution in [3.8, 4) is 0 Å². The smallest absolute Gasteiger partial charge is 0.253 e. The highest BCUT2D eigenvalue weighted by Crippen LogP contribution is 2.30. The van der Waals surface area contributed by atoms with Crippen molar-refractivity contribution in [2.75, 3.05) is 12.4 Å². The van der Waals surface area contributed by atoms with Gasteiger partial charge in [0.1, 0.15) is 5.82 Å². The van der Waals surface area contributed by atoms with Crippen molar-refractivity contribution in [1.82, 2.24) is 5.32 Å². The summed E-state index contributed by atoms with van der Waals surface area (Å²) in [6.07, 6.45) is 3.36. The molecule has 2 N–H and O–H groups in total. The van der Waals surface area contributed by atoms with Gasteiger partial charge in [-0.25, -0.2) is 4.39 Å². The molecule has 3 atom stereocenters. The van der Waals surface area contributed by atoms with E-state index in [1.54, 1.807) is 19.2 Å². The number of hydrogen-bond donors (Lipinski definition) is 2. The number of carbonyl (C=O) groups excluding carboxylic acids is 1. The van der Waals surface area contributed by atoms with Gasteiger partial charge in [-0.1, -0.05) is 32.8 Å². The first-order valence-corrected chi connectivity index (χ1v) is 7.31. The Bertz CT molecular complexity index is 489. The van der Waals surface area contributed by atoms with Gasteiger partial charge in [-0.05, 0) is 30.4 Å². The molecule has 1 fully saturated rings. The summed E-state index contributed by atoms with van der Waals surface area (Å²) in [6, 6.07) is 4.76. The predicted molar refractivity (Wildman–Crippen MR) is 79.4 cm³/mol. The minimum absolute atomic E-state index is 0.180. The largest absolute Gasteiger partial charge is 0.385 e. The van der Waals surface area contributed by atoms with E-state index in [0.29, 0.717) is 17.4 Å². The number of rotatable bonds is 3. The van der Waals surface area contributed by atoms with E-state index < -0.39 is 5.82 Å². The summed E-state index contributed by atoms with van der Waals surface area (Å²) in [7, 11) is 1.63. The molecule has 0 aliphatic heterocycles. The van der Waals surface area contributed by atoms with Crippen LogP contribution in [-0.2, 0) is 0 Å². The van der Waals surface area contributed by atoms with Crippen LogP contribution in [0.5, 0.6) is 0 Å². The molecule has 0 heterocycles. The number of para-hydroxylation sites is 1. The van der Waals surface area contributed by atoms with E-state index in [2.05, 4.69) is 24.5 Å². The van der Waals surface area contributed by atoms with Crippen LogP contribution in [-0.4, -0.2) is 19.0 Å². The maximum atomic E-state index is 13.7. The van der Waals surface area contributed by atoms with Crippen molar-refractivity contribution in [2.45, 2.75) is 39.2 Å². The average Bonchev–Trinajstić information content (AvgIpc) is 2.43. The van der Waals surface area contributed by atoms with Crippen molar-refractivity contribution in [3.63, 3.8) is 0 Å². The predicted octanol–water partition coefficient (Wildman–Crippen LogP) is 3.42. The molecule has 1 saturated carbocycles. The first kappa shape index (κ1) is 14.8. The lowest BCUT2D eigenvalue weighted by Crippen LogP contribution is -2.43. The van der Waals surface area contributed by atoms with Crippen LogP contribution in [0.15, 0.2) is 18.2 Å². The SMILES string of the molecule is CNc1c(F)cccc1C(=O)NC1CCCC(C)C1C. The zero-order valence-corrected chi connectivity index (χ0v) is 12.4. The Morgan fingerprint density at radius 1 is 1.30 bits per heavy atom. The summed E-state index contributed by atoms with van der Waals surface area (Å²) in [5, 5.41) is 5.84. The van der Waals surface area contributed by atoms with E-state index in [-0.39, 0.29) is 17.6 Å². The molecule has 20 heavy (non-hydrogen) atoms. The molecule has 1 aromatic carbocycles. The maximum absolute atomic E-state index is 13.7. The summed E-state index contributed by atoms with van der Waals surface area (Å²) >= 11 is 0. The quantitative estimate of drug-likeness (QED) is 0.889. The minimum Gasteiger partial charge on any atom is -0.385 e. The zero-order chi connectivity index (χ0) is 14.7. The second-order valence-corrected chi connectivity index (χ2v) is 5.76. The van der Waals surface area contributed by atoms with Crippen LogP contribution in [0.3, 0.4) is 0 Å². The molecule has 2 rings (SSSR count). The first-order valence-electron chi connectivity index (χ1n) is 7.31. The standard InChI is InChI=1S/C16H23FN2O/c1-10-6-4-9-14(11(10)2)19-16(20)12-7-5-8-13(17)15(12)18-3/h5,7-8,10-11,14,18H,4,6,9H2,1-3H3,(H,19,20). The van der Waals surface area contributed by atoms with Crippen LogP contribution < -0.4 is 10.6 Å². The highest BCUT2D eigenvalue weighted by atomic mass is 19.1. The molecule has 1 amide bonds. The van der Waals surface area contributed by atoms with Crippen LogP contribution in [0.4, 0.5) is 10.1 Å². The van der Waals surface area contributed by atoms with Crippen LogP contribution in [0.1, 0.15) is 43.5 Å². The Morgan fingerprint density at radius 2 is 2.05 bits per heavy atom. The van der Waals surface area contributed by atoms with Crippen LogP contribution in [0, 0.1) is 17.7 Å². The molecule has 1 aliphatic carbocycles. The molecule has 0 radical (unpaired) electrons. The van der Waals surface area contributed by atoms with Gasteiger partial charge in [0.2, 0.25) is 0 Å². The molecule has 110 valence electrons. The van der Waals surface area contributed by atoms with Gasteiger partial charge in [0.05, 0.1) is 11.3 Å². The molecular formula is C16H23FN2O. The number of carbonyl (C=O) groups is 1. The number of anilines is 1. The van der Waals surface area contributed by atoms with E-state index in [9.17, 15) is 9.18 Å². The molecule has 1 aromatic rings.